The molecule has 1 aromatic carbocycles. The van der Waals surface area contributed by atoms with Gasteiger partial charge >= 0.3 is 0 Å². The molecule has 1 unspecified atom stereocenters. The number of rotatable bonds is 0. The van der Waals surface area contributed by atoms with Crippen LogP contribution in [0, 0.1) is 0 Å². The van der Waals surface area contributed by atoms with E-state index in [4.69, 9.17) is 0 Å². The predicted octanol–water partition coefficient (Wildman–Crippen LogP) is 6.52. The van der Waals surface area contributed by atoms with Crippen LogP contribution in [-0.2, 0) is 0 Å². The van der Waals surface area contributed by atoms with E-state index in [1.807, 2.05) is 27.7 Å². The summed E-state index contributed by atoms with van der Waals surface area (Å²) in [4.78, 5) is 0. The molecule has 0 aromatic heterocycles. The van der Waals surface area contributed by atoms with Gasteiger partial charge in [-0.3, -0.25) is 0 Å². The van der Waals surface area contributed by atoms with Gasteiger partial charge in [-0.15, -0.1) is 0 Å². The molecule has 0 aliphatic heterocycles. The van der Waals surface area contributed by atoms with Crippen molar-refractivity contribution in [3.05, 3.63) is 70.8 Å². The minimum atomic E-state index is 0.524. The largest absolute Gasteiger partial charge is 0.0836 e. The van der Waals surface area contributed by atoms with Gasteiger partial charge in [0.05, 0.1) is 0 Å². The maximum absolute atomic E-state index is 2.35. The van der Waals surface area contributed by atoms with Gasteiger partial charge in [0, 0.05) is 5.92 Å². The second kappa shape index (κ2) is 7.26. The maximum atomic E-state index is 2.35. The van der Waals surface area contributed by atoms with Gasteiger partial charge in [-0.25, -0.2) is 0 Å². The predicted molar refractivity (Wildman–Crippen MR) is 95.3 cm³/mol. The fourth-order valence-corrected chi connectivity index (χ4v) is 3.30. The zero-order valence-electron chi connectivity index (χ0n) is 13.7. The van der Waals surface area contributed by atoms with Gasteiger partial charge in [-0.2, -0.15) is 0 Å². The van der Waals surface area contributed by atoms with Crippen LogP contribution in [0.3, 0.4) is 0 Å². The quantitative estimate of drug-likeness (QED) is 0.506. The molecule has 4 rings (SSSR count). The number of hydrogen-bond donors (Lipinski definition) is 0. The van der Waals surface area contributed by atoms with Crippen molar-refractivity contribution < 1.29 is 0 Å². The number of fused-ring (bicyclic) bond motifs is 2. The van der Waals surface area contributed by atoms with Crippen LogP contribution in [0.15, 0.2) is 54.2 Å². The molecule has 0 fully saturated rings. The first kappa shape index (κ1) is 15.6. The van der Waals surface area contributed by atoms with E-state index in [-0.39, 0.29) is 0 Å². The van der Waals surface area contributed by atoms with Crippen molar-refractivity contribution in [3.8, 4) is 0 Å². The second-order valence-electron chi connectivity index (χ2n) is 4.91. The summed E-state index contributed by atoms with van der Waals surface area (Å²) in [7, 11) is 0. The molecular formula is C21H26. The van der Waals surface area contributed by atoms with Crippen LogP contribution in [0.2, 0.25) is 0 Å². The van der Waals surface area contributed by atoms with Gasteiger partial charge in [0.25, 0.3) is 0 Å². The molecule has 0 nitrogen and oxygen atoms in total. The van der Waals surface area contributed by atoms with Crippen LogP contribution in [0.4, 0.5) is 0 Å². The lowest BCUT2D eigenvalue weighted by Gasteiger charge is -2.14. The van der Waals surface area contributed by atoms with Crippen molar-refractivity contribution in [1.29, 1.82) is 0 Å². The SMILES string of the molecule is C1=Cc2cccc3c2C(C=C1)C1=C3C=CCC1.CC.CC. The Labute approximate surface area is 129 Å². The highest BCUT2D eigenvalue weighted by molar-refractivity contribution is 5.88. The second-order valence-corrected chi connectivity index (χ2v) is 4.91. The smallest absolute Gasteiger partial charge is 0.0252 e. The summed E-state index contributed by atoms with van der Waals surface area (Å²) < 4.78 is 0. The number of benzene rings is 1. The first-order valence-corrected chi connectivity index (χ1v) is 8.33. The molecule has 0 N–H and O–H groups in total. The molecule has 0 saturated carbocycles. The van der Waals surface area contributed by atoms with Crippen LogP contribution in [0.1, 0.15) is 63.1 Å². The van der Waals surface area contributed by atoms with E-state index in [1.165, 1.54) is 35.1 Å². The van der Waals surface area contributed by atoms with Gasteiger partial charge in [0.1, 0.15) is 0 Å². The number of hydrogen-bond acceptors (Lipinski definition) is 0. The molecule has 0 spiro atoms. The zero-order chi connectivity index (χ0) is 15.2. The van der Waals surface area contributed by atoms with Crippen molar-refractivity contribution >= 4 is 11.6 Å². The fraction of sp³-hybridized carbons (Fsp3) is 0.333. The molecule has 21 heavy (non-hydrogen) atoms. The highest BCUT2D eigenvalue weighted by Gasteiger charge is 2.30. The summed E-state index contributed by atoms with van der Waals surface area (Å²) in [6.45, 7) is 8.00. The van der Waals surface area contributed by atoms with Crippen molar-refractivity contribution in [2.24, 2.45) is 0 Å². The summed E-state index contributed by atoms with van der Waals surface area (Å²) in [6.07, 6.45) is 16.0. The lowest BCUT2D eigenvalue weighted by atomic mass is 9.89. The van der Waals surface area contributed by atoms with Crippen LogP contribution in [-0.4, -0.2) is 0 Å². The maximum Gasteiger partial charge on any atom is 0.0252 e. The molecule has 1 aromatic rings. The number of allylic oxidation sites excluding steroid dienone is 7. The van der Waals surface area contributed by atoms with E-state index < -0.39 is 0 Å². The highest BCUT2D eigenvalue weighted by atomic mass is 14.3. The summed E-state index contributed by atoms with van der Waals surface area (Å²) in [5, 5.41) is 0. The van der Waals surface area contributed by atoms with Crippen LogP contribution in [0.25, 0.3) is 11.6 Å². The standard InChI is InChI=1S/C17H14.2C2H6/c1-2-10-15-13-8-3-4-9-14(13)16-11-5-7-12(6-1)17(15)16;2*1-2/h1-2,4-7,9-11,15H,3,8H2;2*1-2H3. The first-order chi connectivity index (χ1) is 10.4. The Morgan fingerprint density at radius 1 is 0.952 bits per heavy atom. The molecule has 3 aliphatic rings. The van der Waals surface area contributed by atoms with E-state index in [0.717, 1.165) is 0 Å². The van der Waals surface area contributed by atoms with Crippen molar-refractivity contribution in [1.82, 2.24) is 0 Å². The molecular weight excluding hydrogens is 252 g/mol. The minimum Gasteiger partial charge on any atom is -0.0836 e. The van der Waals surface area contributed by atoms with E-state index in [9.17, 15) is 0 Å². The van der Waals surface area contributed by atoms with Gasteiger partial charge in [-0.05, 0) is 35.1 Å². The topological polar surface area (TPSA) is 0 Å². The summed E-state index contributed by atoms with van der Waals surface area (Å²) in [5.74, 6) is 0.524. The Morgan fingerprint density at radius 2 is 1.76 bits per heavy atom. The van der Waals surface area contributed by atoms with E-state index in [1.54, 1.807) is 5.57 Å². The Kier molecular flexibility index (Phi) is 5.38. The highest BCUT2D eigenvalue weighted by Crippen LogP contribution is 2.49. The summed E-state index contributed by atoms with van der Waals surface area (Å²) >= 11 is 0. The third kappa shape index (κ3) is 2.68. The summed E-state index contributed by atoms with van der Waals surface area (Å²) in [5.41, 5.74) is 7.47. The molecule has 0 bridgehead atoms. The summed E-state index contributed by atoms with van der Waals surface area (Å²) in [6, 6.07) is 6.69. The van der Waals surface area contributed by atoms with Gasteiger partial charge in [0.2, 0.25) is 0 Å². The Bertz CT molecular complexity index is 609. The average Bonchev–Trinajstić information content (AvgIpc) is 2.74. The van der Waals surface area contributed by atoms with Crippen LogP contribution < -0.4 is 0 Å². The Morgan fingerprint density at radius 3 is 2.57 bits per heavy atom. The molecule has 0 saturated heterocycles. The minimum absolute atomic E-state index is 0.524. The van der Waals surface area contributed by atoms with E-state index >= 15 is 0 Å². The van der Waals surface area contributed by atoms with Crippen molar-refractivity contribution in [2.75, 3.05) is 0 Å². The van der Waals surface area contributed by atoms with Gasteiger partial charge in [0.15, 0.2) is 0 Å². The van der Waals surface area contributed by atoms with Crippen LogP contribution >= 0.6 is 0 Å². The van der Waals surface area contributed by atoms with Crippen LogP contribution in [0.5, 0.6) is 0 Å². The molecule has 0 heterocycles. The molecule has 3 aliphatic carbocycles. The van der Waals surface area contributed by atoms with E-state index in [2.05, 4.69) is 54.7 Å². The normalized spacial score (nSPS) is 19.7. The lowest BCUT2D eigenvalue weighted by molar-refractivity contribution is 0.877. The zero-order valence-corrected chi connectivity index (χ0v) is 13.7. The Hall–Kier alpha value is -1.82. The molecule has 1 atom stereocenters. The van der Waals surface area contributed by atoms with E-state index in [0.29, 0.717) is 5.92 Å². The third-order valence-electron chi connectivity index (χ3n) is 4.02. The first-order valence-electron chi connectivity index (χ1n) is 8.33. The monoisotopic (exact) mass is 278 g/mol. The van der Waals surface area contributed by atoms with Crippen molar-refractivity contribution in [2.45, 2.75) is 46.5 Å². The molecule has 0 heteroatoms. The Balaban J connectivity index is 0.000000374. The van der Waals surface area contributed by atoms with Gasteiger partial charge < -0.3 is 0 Å². The van der Waals surface area contributed by atoms with Crippen molar-refractivity contribution in [3.63, 3.8) is 0 Å². The molecule has 0 amide bonds. The van der Waals surface area contributed by atoms with Gasteiger partial charge in [-0.1, -0.05) is 87.9 Å². The third-order valence-corrected chi connectivity index (χ3v) is 4.02. The molecule has 110 valence electrons. The fourth-order valence-electron chi connectivity index (χ4n) is 3.30. The molecule has 0 radical (unpaired) electrons. The lowest BCUT2D eigenvalue weighted by Crippen LogP contribution is -1.97. The average molecular weight is 278 g/mol.